The summed E-state index contributed by atoms with van der Waals surface area (Å²) in [5.74, 6) is 0. The Labute approximate surface area is 97.4 Å². The van der Waals surface area contributed by atoms with E-state index in [1.165, 1.54) is 11.3 Å². The molecule has 0 fully saturated rings. The van der Waals surface area contributed by atoms with Crippen molar-refractivity contribution in [2.24, 2.45) is 0 Å². The zero-order valence-electron chi connectivity index (χ0n) is 5.81. The molecule has 0 aliphatic heterocycles. The van der Waals surface area contributed by atoms with Gasteiger partial charge in [0.2, 0.25) is 5.28 Å². The van der Waals surface area contributed by atoms with Crippen LogP contribution in [0.4, 0.5) is 0 Å². The number of nitrogens with zero attached hydrogens (tertiary/aromatic N) is 2. The van der Waals surface area contributed by atoms with Gasteiger partial charge < -0.3 is 0 Å². The van der Waals surface area contributed by atoms with Crippen molar-refractivity contribution in [1.29, 1.82) is 0 Å². The topological polar surface area (TPSA) is 25.8 Å². The monoisotopic (exact) mass is 272 g/mol. The third-order valence-electron chi connectivity index (χ3n) is 1.37. The van der Waals surface area contributed by atoms with Crippen LogP contribution in [0.5, 0.6) is 0 Å². The Morgan fingerprint density at radius 2 is 1.69 bits per heavy atom. The molecule has 0 spiro atoms. The first kappa shape index (κ1) is 9.74. The third-order valence-corrected chi connectivity index (χ3v) is 3.90. The van der Waals surface area contributed by atoms with Gasteiger partial charge in [-0.15, -0.1) is 11.3 Å². The van der Waals surface area contributed by atoms with E-state index in [1.807, 2.05) is 0 Å². The smallest absolute Gasteiger partial charge is 0.215 e. The minimum Gasteiger partial charge on any atom is -0.215 e. The van der Waals surface area contributed by atoms with E-state index < -0.39 is 0 Å². The molecule has 68 valence electrons. The van der Waals surface area contributed by atoms with Crippen molar-refractivity contribution < 1.29 is 0 Å². The van der Waals surface area contributed by atoms with Crippen molar-refractivity contribution in [3.05, 3.63) is 19.8 Å². The van der Waals surface area contributed by atoms with Gasteiger partial charge in [-0.05, 0) is 11.6 Å². The molecule has 0 aliphatic carbocycles. The molecule has 13 heavy (non-hydrogen) atoms. The van der Waals surface area contributed by atoms with Gasteiger partial charge in [0.15, 0.2) is 5.15 Å². The average molecular weight is 274 g/mol. The van der Waals surface area contributed by atoms with E-state index in [9.17, 15) is 0 Å². The molecule has 2 nitrogen and oxygen atoms in total. The van der Waals surface area contributed by atoms with Crippen LogP contribution < -0.4 is 0 Å². The predicted molar refractivity (Wildman–Crippen MR) is 57.5 cm³/mol. The quantitative estimate of drug-likeness (QED) is 0.528. The number of rotatable bonds is 0. The van der Waals surface area contributed by atoms with Crippen molar-refractivity contribution in [2.45, 2.75) is 0 Å². The number of thiophene rings is 1. The molecule has 2 rings (SSSR count). The van der Waals surface area contributed by atoms with Crippen molar-refractivity contribution in [1.82, 2.24) is 9.97 Å². The number of aromatic nitrogens is 2. The molecule has 0 saturated heterocycles. The summed E-state index contributed by atoms with van der Waals surface area (Å²) < 4.78 is 1.09. The fourth-order valence-corrected chi connectivity index (χ4v) is 2.73. The van der Waals surface area contributed by atoms with E-state index in [2.05, 4.69) is 9.97 Å². The molecule has 7 heteroatoms. The van der Waals surface area contributed by atoms with Gasteiger partial charge in [-0.3, -0.25) is 0 Å². The minimum atomic E-state index is 0.0638. The highest BCUT2D eigenvalue weighted by molar-refractivity contribution is 7.24. The van der Waals surface area contributed by atoms with Gasteiger partial charge in [0.1, 0.15) is 9.85 Å². The third kappa shape index (κ3) is 1.60. The first-order valence-electron chi connectivity index (χ1n) is 3.06. The Hall–Kier alpha value is 0.200. The molecule has 2 aromatic rings. The Kier molecular flexibility index (Phi) is 2.55. The normalized spacial score (nSPS) is 11.1. The molecular formula is C6Cl4N2S. The van der Waals surface area contributed by atoms with Crippen LogP contribution in [0.3, 0.4) is 0 Å². The largest absolute Gasteiger partial charge is 0.224 e. The van der Waals surface area contributed by atoms with Crippen LogP contribution in [0.15, 0.2) is 0 Å². The van der Waals surface area contributed by atoms with Crippen molar-refractivity contribution in [2.75, 3.05) is 0 Å². The summed E-state index contributed by atoms with van der Waals surface area (Å²) in [4.78, 5) is 7.69. The van der Waals surface area contributed by atoms with Crippen LogP contribution in [0, 0.1) is 0 Å². The van der Waals surface area contributed by atoms with Crippen LogP contribution >= 0.6 is 57.7 Å². The first-order valence-corrected chi connectivity index (χ1v) is 5.39. The Morgan fingerprint density at radius 3 is 2.38 bits per heavy atom. The summed E-state index contributed by atoms with van der Waals surface area (Å²) >= 11 is 24.3. The van der Waals surface area contributed by atoms with Gasteiger partial charge >= 0.3 is 0 Å². The lowest BCUT2D eigenvalue weighted by atomic mass is 10.5. The molecule has 0 atom stereocenters. The number of hydrogen-bond acceptors (Lipinski definition) is 3. The summed E-state index contributed by atoms with van der Waals surface area (Å²) in [5, 5.41) is 0.704. The highest BCUT2D eigenvalue weighted by atomic mass is 35.5. The van der Waals surface area contributed by atoms with Crippen molar-refractivity contribution in [3.8, 4) is 0 Å². The van der Waals surface area contributed by atoms with Gasteiger partial charge in [-0.25, -0.2) is 9.97 Å². The molecule has 0 saturated carbocycles. The van der Waals surface area contributed by atoms with E-state index in [-0.39, 0.29) is 10.4 Å². The fourth-order valence-electron chi connectivity index (χ4n) is 0.864. The van der Waals surface area contributed by atoms with Gasteiger partial charge in [-0.1, -0.05) is 34.8 Å². The average Bonchev–Trinajstić information content (AvgIpc) is 2.32. The lowest BCUT2D eigenvalue weighted by Gasteiger charge is -1.92. The van der Waals surface area contributed by atoms with Crippen LogP contribution in [0.1, 0.15) is 0 Å². The van der Waals surface area contributed by atoms with E-state index in [0.29, 0.717) is 19.6 Å². The predicted octanol–water partition coefficient (Wildman–Crippen LogP) is 4.30. The molecular weight excluding hydrogens is 274 g/mol. The van der Waals surface area contributed by atoms with E-state index in [0.717, 1.165) is 0 Å². The summed E-state index contributed by atoms with van der Waals surface area (Å²) in [6.07, 6.45) is 0. The lowest BCUT2D eigenvalue weighted by molar-refractivity contribution is 1.23. The number of hydrogen-bond donors (Lipinski definition) is 0. The summed E-state index contributed by atoms with van der Waals surface area (Å²) in [6.45, 7) is 0. The second-order valence-electron chi connectivity index (χ2n) is 2.15. The molecule has 0 amide bonds. The van der Waals surface area contributed by atoms with Crippen LogP contribution in [0.2, 0.25) is 19.8 Å². The van der Waals surface area contributed by atoms with Gasteiger partial charge in [-0.2, -0.15) is 0 Å². The van der Waals surface area contributed by atoms with Crippen molar-refractivity contribution in [3.63, 3.8) is 0 Å². The lowest BCUT2D eigenvalue weighted by Crippen LogP contribution is -1.82. The standard InChI is InChI=1S/C6Cl4N2S/c7-1-2-3(13-5(1)9)4(8)12-6(10)11-2. The highest BCUT2D eigenvalue weighted by Gasteiger charge is 2.14. The maximum atomic E-state index is 5.86. The van der Waals surface area contributed by atoms with Gasteiger partial charge in [0.05, 0.1) is 9.72 Å². The maximum Gasteiger partial charge on any atom is 0.224 e. The molecule has 0 bridgehead atoms. The summed E-state index contributed by atoms with van der Waals surface area (Å²) in [6, 6.07) is 0. The number of halogens is 4. The second kappa shape index (κ2) is 3.41. The molecule has 0 radical (unpaired) electrons. The van der Waals surface area contributed by atoms with E-state index in [4.69, 9.17) is 46.4 Å². The Morgan fingerprint density at radius 1 is 1.00 bits per heavy atom. The molecule has 0 aliphatic rings. The SMILES string of the molecule is Clc1nc(Cl)c2sc(Cl)c(Cl)c2n1. The summed E-state index contributed by atoms with van der Waals surface area (Å²) in [5.41, 5.74) is 0.502. The summed E-state index contributed by atoms with van der Waals surface area (Å²) in [7, 11) is 0. The van der Waals surface area contributed by atoms with E-state index >= 15 is 0 Å². The Bertz CT molecular complexity index is 481. The zero-order valence-corrected chi connectivity index (χ0v) is 9.65. The van der Waals surface area contributed by atoms with Crippen LogP contribution in [-0.4, -0.2) is 9.97 Å². The second-order valence-corrected chi connectivity index (χ2v) is 4.85. The molecule has 0 N–H and O–H groups in total. The first-order chi connectivity index (χ1) is 6.09. The zero-order chi connectivity index (χ0) is 9.59. The fraction of sp³-hybridized carbons (Fsp3) is 0. The molecule has 0 unspecified atom stereocenters. The highest BCUT2D eigenvalue weighted by Crippen LogP contribution is 2.40. The number of fused-ring (bicyclic) bond motifs is 1. The Balaban J connectivity index is 2.94. The van der Waals surface area contributed by atoms with Crippen LogP contribution in [0.25, 0.3) is 10.2 Å². The minimum absolute atomic E-state index is 0.0638. The van der Waals surface area contributed by atoms with Crippen LogP contribution in [-0.2, 0) is 0 Å². The van der Waals surface area contributed by atoms with Crippen molar-refractivity contribution >= 4 is 68.0 Å². The van der Waals surface area contributed by atoms with Gasteiger partial charge in [0.25, 0.3) is 0 Å². The molecule has 2 aromatic heterocycles. The molecule has 0 aromatic carbocycles. The van der Waals surface area contributed by atoms with Gasteiger partial charge in [0, 0.05) is 0 Å². The molecule has 2 heterocycles. The van der Waals surface area contributed by atoms with E-state index in [1.54, 1.807) is 0 Å². The maximum absolute atomic E-state index is 5.86.